The summed E-state index contributed by atoms with van der Waals surface area (Å²) in [6.07, 6.45) is 1.86. The number of rotatable bonds is 10. The van der Waals surface area contributed by atoms with Crippen molar-refractivity contribution < 1.29 is 29.0 Å². The first-order valence-electron chi connectivity index (χ1n) is 14.1. The lowest BCUT2D eigenvalue weighted by atomic mass is 9.87. The third-order valence-electron chi connectivity index (χ3n) is 7.09. The van der Waals surface area contributed by atoms with Crippen LogP contribution in [-0.4, -0.2) is 52.7 Å². The second-order valence-corrected chi connectivity index (χ2v) is 11.4. The average Bonchev–Trinajstić information content (AvgIpc) is 2.92. The molecule has 3 amide bonds. The predicted molar refractivity (Wildman–Crippen MR) is 160 cm³/mol. The highest BCUT2D eigenvalue weighted by Gasteiger charge is 2.42. The van der Waals surface area contributed by atoms with E-state index in [-0.39, 0.29) is 18.2 Å². The Morgan fingerprint density at radius 1 is 0.952 bits per heavy atom. The largest absolute Gasteiger partial charge is 0.508 e. The maximum Gasteiger partial charge on any atom is 0.408 e. The Balaban J connectivity index is 1.72. The van der Waals surface area contributed by atoms with Crippen molar-refractivity contribution in [1.29, 1.82) is 0 Å². The van der Waals surface area contributed by atoms with Crippen LogP contribution in [0.3, 0.4) is 0 Å². The van der Waals surface area contributed by atoms with Crippen molar-refractivity contribution in [3.8, 4) is 11.5 Å². The number of phenols is 1. The van der Waals surface area contributed by atoms with E-state index in [1.54, 1.807) is 69.2 Å². The standard InChI is InChI=1S/C33H39N3O6/c1-33(2,3)42-32(40)35-28(21-22-9-6-5-7-10-22)31(39)36(25-11-8-12-25)29(23-13-17-26(37)18-14-23)30(38)34-24-15-19-27(41-4)20-16-24/h5-7,9-10,13-20,25,28-29,37H,8,11-12,21H2,1-4H3,(H,34,38)(H,35,40). The number of aromatic hydroxyl groups is 1. The number of anilines is 1. The number of hydrogen-bond donors (Lipinski definition) is 3. The molecule has 0 aromatic heterocycles. The molecule has 0 heterocycles. The summed E-state index contributed by atoms with van der Waals surface area (Å²) in [5.74, 6) is -0.117. The molecule has 2 atom stereocenters. The minimum absolute atomic E-state index is 0.0446. The smallest absolute Gasteiger partial charge is 0.408 e. The van der Waals surface area contributed by atoms with E-state index < -0.39 is 35.6 Å². The van der Waals surface area contributed by atoms with E-state index in [2.05, 4.69) is 10.6 Å². The van der Waals surface area contributed by atoms with Gasteiger partial charge >= 0.3 is 6.09 Å². The number of methoxy groups -OCH3 is 1. The van der Waals surface area contributed by atoms with Crippen LogP contribution in [0.4, 0.5) is 10.5 Å². The van der Waals surface area contributed by atoms with Gasteiger partial charge in [-0.3, -0.25) is 9.59 Å². The van der Waals surface area contributed by atoms with E-state index in [1.807, 2.05) is 30.3 Å². The molecule has 0 radical (unpaired) electrons. The number of carbonyl (C=O) groups excluding carboxylic acids is 3. The Bertz CT molecular complexity index is 1350. The van der Waals surface area contributed by atoms with E-state index >= 15 is 0 Å². The van der Waals surface area contributed by atoms with Crippen LogP contribution >= 0.6 is 0 Å². The average molecular weight is 574 g/mol. The Morgan fingerprint density at radius 3 is 2.14 bits per heavy atom. The Labute approximate surface area is 246 Å². The normalized spacial score (nSPS) is 14.6. The maximum absolute atomic E-state index is 14.5. The minimum atomic E-state index is -1.02. The molecule has 1 aliphatic rings. The van der Waals surface area contributed by atoms with Gasteiger partial charge in [-0.15, -0.1) is 0 Å². The van der Waals surface area contributed by atoms with Gasteiger partial charge < -0.3 is 30.1 Å². The first-order chi connectivity index (χ1) is 20.0. The highest BCUT2D eigenvalue weighted by atomic mass is 16.6. The number of hydrogen-bond acceptors (Lipinski definition) is 6. The van der Waals surface area contributed by atoms with Gasteiger partial charge in [-0.1, -0.05) is 42.5 Å². The molecule has 3 aromatic carbocycles. The number of nitrogens with one attached hydrogen (secondary N) is 2. The van der Waals surface area contributed by atoms with Gasteiger partial charge in [0, 0.05) is 18.2 Å². The zero-order valence-electron chi connectivity index (χ0n) is 24.5. The van der Waals surface area contributed by atoms with Crippen molar-refractivity contribution in [2.24, 2.45) is 0 Å². The van der Waals surface area contributed by atoms with Gasteiger partial charge in [0.2, 0.25) is 5.91 Å². The van der Waals surface area contributed by atoms with Crippen LogP contribution in [0.5, 0.6) is 11.5 Å². The molecule has 9 nitrogen and oxygen atoms in total. The maximum atomic E-state index is 14.5. The lowest BCUT2D eigenvalue weighted by Gasteiger charge is -2.43. The molecular formula is C33H39N3O6. The van der Waals surface area contributed by atoms with Crippen LogP contribution in [0.1, 0.15) is 57.2 Å². The second-order valence-electron chi connectivity index (χ2n) is 11.4. The quantitative estimate of drug-likeness (QED) is 0.291. The molecule has 2 unspecified atom stereocenters. The molecule has 1 aliphatic carbocycles. The number of phenolic OH excluding ortho intramolecular Hbond substituents is 1. The van der Waals surface area contributed by atoms with E-state index in [0.717, 1.165) is 24.8 Å². The molecule has 222 valence electrons. The highest BCUT2D eigenvalue weighted by molar-refractivity contribution is 5.99. The van der Waals surface area contributed by atoms with E-state index in [0.29, 0.717) is 17.0 Å². The van der Waals surface area contributed by atoms with Crippen molar-refractivity contribution in [1.82, 2.24) is 10.2 Å². The molecular weight excluding hydrogens is 534 g/mol. The highest BCUT2D eigenvalue weighted by Crippen LogP contribution is 2.35. The Morgan fingerprint density at radius 2 is 1.60 bits per heavy atom. The molecule has 0 aliphatic heterocycles. The van der Waals surface area contributed by atoms with E-state index in [9.17, 15) is 19.5 Å². The topological polar surface area (TPSA) is 117 Å². The summed E-state index contributed by atoms with van der Waals surface area (Å²) >= 11 is 0. The predicted octanol–water partition coefficient (Wildman–Crippen LogP) is 5.60. The van der Waals surface area contributed by atoms with E-state index in [1.165, 1.54) is 12.1 Å². The van der Waals surface area contributed by atoms with Crippen LogP contribution in [0.25, 0.3) is 0 Å². The molecule has 42 heavy (non-hydrogen) atoms. The first kappa shape index (κ1) is 30.4. The summed E-state index contributed by atoms with van der Waals surface area (Å²) in [4.78, 5) is 43.1. The molecule has 3 aromatic rings. The fourth-order valence-corrected chi connectivity index (χ4v) is 4.84. The van der Waals surface area contributed by atoms with Gasteiger partial charge in [0.05, 0.1) is 7.11 Å². The summed E-state index contributed by atoms with van der Waals surface area (Å²) in [7, 11) is 1.56. The van der Waals surface area contributed by atoms with Crippen LogP contribution in [0.15, 0.2) is 78.9 Å². The van der Waals surface area contributed by atoms with Crippen molar-refractivity contribution in [3.05, 3.63) is 90.0 Å². The fraction of sp³-hybridized carbons (Fsp3) is 0.364. The molecule has 0 saturated heterocycles. The molecule has 9 heteroatoms. The molecule has 4 rings (SSSR count). The summed E-state index contributed by atoms with van der Waals surface area (Å²) in [5.41, 5.74) is 1.17. The zero-order chi connectivity index (χ0) is 30.3. The first-order valence-corrected chi connectivity index (χ1v) is 14.1. The van der Waals surface area contributed by atoms with Crippen molar-refractivity contribution in [2.75, 3.05) is 12.4 Å². The Hall–Kier alpha value is -4.53. The van der Waals surface area contributed by atoms with Crippen LogP contribution in [-0.2, 0) is 20.7 Å². The SMILES string of the molecule is COc1ccc(NC(=O)C(c2ccc(O)cc2)N(C(=O)C(Cc2ccccc2)NC(=O)OC(C)(C)C)C2CCC2)cc1. The minimum Gasteiger partial charge on any atom is -0.508 e. The summed E-state index contributed by atoms with van der Waals surface area (Å²) < 4.78 is 10.7. The second kappa shape index (κ2) is 13.4. The Kier molecular flexibility index (Phi) is 9.72. The van der Waals surface area contributed by atoms with Crippen LogP contribution in [0.2, 0.25) is 0 Å². The van der Waals surface area contributed by atoms with Crippen molar-refractivity contribution in [2.45, 2.75) is 70.2 Å². The van der Waals surface area contributed by atoms with E-state index in [4.69, 9.17) is 9.47 Å². The number of ether oxygens (including phenoxy) is 2. The van der Waals surface area contributed by atoms with Crippen LogP contribution < -0.4 is 15.4 Å². The molecule has 1 saturated carbocycles. The summed E-state index contributed by atoms with van der Waals surface area (Å²) in [6, 6.07) is 20.4. The number of alkyl carbamates (subject to hydrolysis) is 1. The lowest BCUT2D eigenvalue weighted by molar-refractivity contribution is -0.145. The third-order valence-corrected chi connectivity index (χ3v) is 7.09. The lowest BCUT2D eigenvalue weighted by Crippen LogP contribution is -2.57. The number of amides is 3. The fourth-order valence-electron chi connectivity index (χ4n) is 4.84. The number of nitrogens with zero attached hydrogens (tertiary/aromatic N) is 1. The van der Waals surface area contributed by atoms with Gasteiger partial charge in [-0.25, -0.2) is 4.79 Å². The van der Waals surface area contributed by atoms with Gasteiger partial charge in [-0.05, 0) is 87.6 Å². The number of benzene rings is 3. The monoisotopic (exact) mass is 573 g/mol. The van der Waals surface area contributed by atoms with Gasteiger partial charge in [0.25, 0.3) is 5.91 Å². The van der Waals surface area contributed by atoms with Crippen molar-refractivity contribution in [3.63, 3.8) is 0 Å². The third kappa shape index (κ3) is 8.02. The van der Waals surface area contributed by atoms with Crippen molar-refractivity contribution >= 4 is 23.6 Å². The molecule has 1 fully saturated rings. The molecule has 0 spiro atoms. The molecule has 0 bridgehead atoms. The number of carbonyl (C=O) groups is 3. The molecule has 3 N–H and O–H groups in total. The summed E-state index contributed by atoms with van der Waals surface area (Å²) in [6.45, 7) is 5.27. The van der Waals surface area contributed by atoms with Gasteiger partial charge in [-0.2, -0.15) is 0 Å². The summed E-state index contributed by atoms with van der Waals surface area (Å²) in [5, 5.41) is 15.7. The van der Waals surface area contributed by atoms with Gasteiger partial charge in [0.1, 0.15) is 29.2 Å². The zero-order valence-corrected chi connectivity index (χ0v) is 24.5. The van der Waals surface area contributed by atoms with Gasteiger partial charge in [0.15, 0.2) is 0 Å². The van der Waals surface area contributed by atoms with Crippen LogP contribution in [0, 0.1) is 0 Å².